The number of carboxylic acids is 1. The van der Waals surface area contributed by atoms with Gasteiger partial charge < -0.3 is 10.0 Å². The van der Waals surface area contributed by atoms with Gasteiger partial charge in [0.2, 0.25) is 5.91 Å². The van der Waals surface area contributed by atoms with Gasteiger partial charge in [-0.15, -0.1) is 11.3 Å². The molecule has 1 saturated heterocycles. The third-order valence-corrected chi connectivity index (χ3v) is 3.57. The number of hydrogen-bond acceptors (Lipinski definition) is 4. The Morgan fingerprint density at radius 3 is 3.00 bits per heavy atom. The van der Waals surface area contributed by atoms with E-state index in [0.29, 0.717) is 12.2 Å². The van der Waals surface area contributed by atoms with Crippen molar-refractivity contribution in [2.24, 2.45) is 5.92 Å². The molecule has 2 rings (SSSR count). The van der Waals surface area contributed by atoms with Crippen LogP contribution in [0, 0.1) is 5.92 Å². The molecule has 1 aromatic rings. The molecular weight excluding hydrogens is 240 g/mol. The molecule has 2 unspecified atom stereocenters. The van der Waals surface area contributed by atoms with E-state index in [1.807, 2.05) is 12.3 Å². The second kappa shape index (κ2) is 4.83. The summed E-state index contributed by atoms with van der Waals surface area (Å²) in [5.74, 6) is -1.68. The van der Waals surface area contributed by atoms with Crippen LogP contribution >= 0.6 is 11.3 Å². The van der Waals surface area contributed by atoms with Crippen molar-refractivity contribution in [3.05, 3.63) is 16.6 Å². The van der Waals surface area contributed by atoms with Crippen molar-refractivity contribution in [2.45, 2.75) is 25.8 Å². The van der Waals surface area contributed by atoms with E-state index in [-0.39, 0.29) is 12.3 Å². The average molecular weight is 254 g/mol. The van der Waals surface area contributed by atoms with E-state index in [0.717, 1.165) is 6.42 Å². The lowest BCUT2D eigenvalue weighted by Gasteiger charge is -2.24. The highest BCUT2D eigenvalue weighted by Gasteiger charge is 2.45. The Hall–Kier alpha value is -1.43. The minimum atomic E-state index is -0.921. The standard InChI is InChI=1S/C11H14N2O3S/c1-2-3-13-9(14)4-7(11(15)16)10(13)8-5-17-6-12-8/h5-7,10H,2-4H2,1H3,(H,15,16). The Morgan fingerprint density at radius 1 is 1.71 bits per heavy atom. The van der Waals surface area contributed by atoms with Crippen LogP contribution in [0.25, 0.3) is 0 Å². The molecule has 5 nitrogen and oxygen atoms in total. The first-order valence-corrected chi connectivity index (χ1v) is 6.49. The van der Waals surface area contributed by atoms with Gasteiger partial charge >= 0.3 is 5.97 Å². The van der Waals surface area contributed by atoms with Crippen molar-refractivity contribution in [3.63, 3.8) is 0 Å². The minimum absolute atomic E-state index is 0.0809. The van der Waals surface area contributed by atoms with Crippen LogP contribution in [0.5, 0.6) is 0 Å². The van der Waals surface area contributed by atoms with Gasteiger partial charge in [-0.05, 0) is 6.42 Å². The predicted octanol–water partition coefficient (Wildman–Crippen LogP) is 1.53. The van der Waals surface area contributed by atoms with Crippen LogP contribution in [0.3, 0.4) is 0 Å². The molecule has 1 amide bonds. The summed E-state index contributed by atoms with van der Waals surface area (Å²) in [6.07, 6.45) is 0.899. The van der Waals surface area contributed by atoms with Crippen molar-refractivity contribution >= 4 is 23.2 Å². The number of nitrogens with zero attached hydrogens (tertiary/aromatic N) is 2. The van der Waals surface area contributed by atoms with Gasteiger partial charge in [0.1, 0.15) is 0 Å². The van der Waals surface area contributed by atoms with Gasteiger partial charge in [-0.3, -0.25) is 9.59 Å². The van der Waals surface area contributed by atoms with Gasteiger partial charge in [0.25, 0.3) is 0 Å². The summed E-state index contributed by atoms with van der Waals surface area (Å²) in [5, 5.41) is 11.0. The first-order valence-electron chi connectivity index (χ1n) is 5.55. The van der Waals surface area contributed by atoms with Crippen LogP contribution in [-0.4, -0.2) is 33.4 Å². The molecule has 6 heteroatoms. The van der Waals surface area contributed by atoms with Crippen molar-refractivity contribution in [2.75, 3.05) is 6.54 Å². The van der Waals surface area contributed by atoms with E-state index in [1.165, 1.54) is 11.3 Å². The van der Waals surface area contributed by atoms with E-state index >= 15 is 0 Å². The zero-order valence-corrected chi connectivity index (χ0v) is 10.3. The third kappa shape index (κ3) is 2.17. The number of carbonyl (C=O) groups excluding carboxylic acids is 1. The second-order valence-electron chi connectivity index (χ2n) is 4.09. The number of aliphatic carboxylic acids is 1. The van der Waals surface area contributed by atoms with Crippen molar-refractivity contribution < 1.29 is 14.7 Å². The lowest BCUT2D eigenvalue weighted by Crippen LogP contribution is -2.31. The molecule has 1 aromatic heterocycles. The smallest absolute Gasteiger partial charge is 0.309 e. The summed E-state index contributed by atoms with van der Waals surface area (Å²) in [7, 11) is 0. The fourth-order valence-corrected chi connectivity index (χ4v) is 2.83. The number of rotatable bonds is 4. The van der Waals surface area contributed by atoms with E-state index in [9.17, 15) is 14.7 Å². The lowest BCUT2D eigenvalue weighted by molar-refractivity contribution is -0.142. The molecule has 92 valence electrons. The third-order valence-electron chi connectivity index (χ3n) is 2.97. The SMILES string of the molecule is CCCN1C(=O)CC(C(=O)O)C1c1cscn1. The number of carboxylic acid groups (broad SMARTS) is 1. The topological polar surface area (TPSA) is 70.5 Å². The highest BCUT2D eigenvalue weighted by molar-refractivity contribution is 7.07. The van der Waals surface area contributed by atoms with Crippen LogP contribution in [0.4, 0.5) is 0 Å². The van der Waals surface area contributed by atoms with E-state index < -0.39 is 17.9 Å². The fraction of sp³-hybridized carbons (Fsp3) is 0.545. The minimum Gasteiger partial charge on any atom is -0.481 e. The van der Waals surface area contributed by atoms with Gasteiger partial charge in [0, 0.05) is 18.3 Å². The quantitative estimate of drug-likeness (QED) is 0.884. The largest absolute Gasteiger partial charge is 0.481 e. The summed E-state index contributed by atoms with van der Waals surface area (Å²) < 4.78 is 0. The molecule has 0 saturated carbocycles. The first kappa shape index (κ1) is 12.0. The Balaban J connectivity index is 2.32. The summed E-state index contributed by atoms with van der Waals surface area (Å²) in [5.41, 5.74) is 2.36. The number of aromatic nitrogens is 1. The number of likely N-dealkylation sites (tertiary alicyclic amines) is 1. The second-order valence-corrected chi connectivity index (χ2v) is 4.81. The Labute approximate surface area is 103 Å². The van der Waals surface area contributed by atoms with Crippen LogP contribution in [-0.2, 0) is 9.59 Å². The molecule has 1 N–H and O–H groups in total. The molecule has 17 heavy (non-hydrogen) atoms. The van der Waals surface area contributed by atoms with Crippen molar-refractivity contribution in [3.8, 4) is 0 Å². The van der Waals surface area contributed by atoms with E-state index in [2.05, 4.69) is 4.98 Å². The maximum atomic E-state index is 11.8. The molecule has 0 radical (unpaired) electrons. The van der Waals surface area contributed by atoms with Gasteiger partial charge in [0.05, 0.1) is 23.2 Å². The van der Waals surface area contributed by atoms with Crippen LogP contribution in [0.15, 0.2) is 10.9 Å². The van der Waals surface area contributed by atoms with E-state index in [1.54, 1.807) is 10.4 Å². The number of thiazole rings is 1. The van der Waals surface area contributed by atoms with E-state index in [4.69, 9.17) is 0 Å². The Morgan fingerprint density at radius 2 is 2.47 bits per heavy atom. The summed E-state index contributed by atoms with van der Waals surface area (Å²) in [6.45, 7) is 2.56. The number of hydrogen-bond donors (Lipinski definition) is 1. The molecular formula is C11H14N2O3S. The van der Waals surface area contributed by atoms with Crippen LogP contribution < -0.4 is 0 Å². The van der Waals surface area contributed by atoms with Crippen molar-refractivity contribution in [1.82, 2.24) is 9.88 Å². The Bertz CT molecular complexity index is 418. The van der Waals surface area contributed by atoms with Crippen LogP contribution in [0.1, 0.15) is 31.5 Å². The maximum Gasteiger partial charge on any atom is 0.309 e. The summed E-state index contributed by atoms with van der Waals surface area (Å²) in [4.78, 5) is 28.8. The zero-order valence-electron chi connectivity index (χ0n) is 9.50. The van der Waals surface area contributed by atoms with Crippen LogP contribution in [0.2, 0.25) is 0 Å². The van der Waals surface area contributed by atoms with Gasteiger partial charge in [-0.25, -0.2) is 4.98 Å². The Kier molecular flexibility index (Phi) is 3.42. The number of carbonyl (C=O) groups is 2. The molecule has 1 aliphatic heterocycles. The normalized spacial score (nSPS) is 24.3. The molecule has 0 aliphatic carbocycles. The summed E-state index contributed by atoms with van der Waals surface area (Å²) in [6, 6.07) is -0.397. The lowest BCUT2D eigenvalue weighted by atomic mass is 9.98. The monoisotopic (exact) mass is 254 g/mol. The average Bonchev–Trinajstić information content (AvgIpc) is 2.87. The predicted molar refractivity (Wildman–Crippen MR) is 62.6 cm³/mol. The molecule has 2 heterocycles. The zero-order chi connectivity index (χ0) is 12.4. The van der Waals surface area contributed by atoms with Gasteiger partial charge in [-0.2, -0.15) is 0 Å². The highest BCUT2D eigenvalue weighted by Crippen LogP contribution is 2.37. The molecule has 2 atom stereocenters. The molecule has 1 fully saturated rings. The molecule has 0 bridgehead atoms. The summed E-state index contributed by atoms with van der Waals surface area (Å²) >= 11 is 1.42. The molecule has 0 aromatic carbocycles. The molecule has 0 spiro atoms. The number of amides is 1. The first-order chi connectivity index (χ1) is 8.15. The van der Waals surface area contributed by atoms with Crippen molar-refractivity contribution in [1.29, 1.82) is 0 Å². The van der Waals surface area contributed by atoms with Gasteiger partial charge in [-0.1, -0.05) is 6.92 Å². The molecule has 1 aliphatic rings. The maximum absolute atomic E-state index is 11.8. The van der Waals surface area contributed by atoms with Gasteiger partial charge in [0.15, 0.2) is 0 Å². The highest BCUT2D eigenvalue weighted by atomic mass is 32.1. The fourth-order valence-electron chi connectivity index (χ4n) is 2.25.